The van der Waals surface area contributed by atoms with E-state index < -0.39 is 6.04 Å². The fraction of sp³-hybridized carbons (Fsp3) is 0.632. The number of urea groups is 1. The number of fused-ring (bicyclic) bond motifs is 1. The minimum absolute atomic E-state index is 0.224. The third kappa shape index (κ3) is 3.36. The number of morpholine rings is 1. The zero-order chi connectivity index (χ0) is 20.7. The first kappa shape index (κ1) is 19.7. The van der Waals surface area contributed by atoms with E-state index in [0.29, 0.717) is 44.6 Å². The van der Waals surface area contributed by atoms with Crippen LogP contribution in [-0.4, -0.2) is 112 Å². The van der Waals surface area contributed by atoms with Crippen LogP contribution in [0.5, 0.6) is 0 Å². The molecule has 10 heteroatoms. The van der Waals surface area contributed by atoms with Crippen molar-refractivity contribution in [2.24, 2.45) is 4.99 Å². The van der Waals surface area contributed by atoms with E-state index in [-0.39, 0.29) is 11.9 Å². The van der Waals surface area contributed by atoms with Gasteiger partial charge >= 0.3 is 12.0 Å². The van der Waals surface area contributed by atoms with Gasteiger partial charge in [0.1, 0.15) is 5.69 Å². The van der Waals surface area contributed by atoms with Crippen molar-refractivity contribution >= 4 is 23.7 Å². The molecule has 1 unspecified atom stereocenters. The molecule has 4 rings (SSSR count). The van der Waals surface area contributed by atoms with Crippen LogP contribution in [0, 0.1) is 13.8 Å². The lowest BCUT2D eigenvalue weighted by Gasteiger charge is -2.35. The molecule has 156 valence electrons. The molecule has 0 aliphatic carbocycles. The van der Waals surface area contributed by atoms with Crippen molar-refractivity contribution in [3.8, 4) is 0 Å². The van der Waals surface area contributed by atoms with E-state index in [9.17, 15) is 9.59 Å². The average Bonchev–Trinajstić information content (AvgIpc) is 3.26. The highest BCUT2D eigenvalue weighted by Crippen LogP contribution is 2.21. The third-order valence-electron chi connectivity index (χ3n) is 5.67. The molecular formula is C19H28N7O3+. The Hall–Kier alpha value is -2.59. The molecule has 3 aliphatic rings. The smallest absolute Gasteiger partial charge is 0.379 e. The van der Waals surface area contributed by atoms with Crippen LogP contribution in [-0.2, 0) is 9.53 Å². The van der Waals surface area contributed by atoms with Crippen LogP contribution < -0.4 is 0 Å². The highest BCUT2D eigenvalue weighted by Gasteiger charge is 2.52. The maximum Gasteiger partial charge on any atom is 0.421 e. The number of amides is 3. The SMILES string of the molecule is CC[N+]1=C(n2nc(C)cc2C)N=C2C1C(=O)N(CCN1CCOCC1)C(=O)N2C. The summed E-state index contributed by atoms with van der Waals surface area (Å²) < 4.78 is 9.03. The first-order valence-electron chi connectivity index (χ1n) is 10.1. The summed E-state index contributed by atoms with van der Waals surface area (Å²) in [4.78, 5) is 36.0. The van der Waals surface area contributed by atoms with Gasteiger partial charge in [-0.1, -0.05) is 4.99 Å². The number of carbonyl (C=O) groups excluding carboxylic acids is 2. The molecule has 3 aliphatic heterocycles. The number of likely N-dealkylation sites (N-methyl/N-ethyl adjacent to an activating group) is 2. The first-order valence-corrected chi connectivity index (χ1v) is 10.1. The Bertz CT molecular complexity index is 898. The van der Waals surface area contributed by atoms with Crippen LogP contribution in [0.3, 0.4) is 0 Å². The van der Waals surface area contributed by atoms with Crippen LogP contribution >= 0.6 is 0 Å². The summed E-state index contributed by atoms with van der Waals surface area (Å²) in [7, 11) is 1.68. The van der Waals surface area contributed by atoms with Crippen molar-refractivity contribution in [3.05, 3.63) is 17.5 Å². The summed E-state index contributed by atoms with van der Waals surface area (Å²) in [6.45, 7) is 10.4. The Labute approximate surface area is 170 Å². The number of aliphatic imine (C=N–C) groups is 1. The van der Waals surface area contributed by atoms with Gasteiger partial charge in [0.2, 0.25) is 11.9 Å². The number of aromatic nitrogens is 2. The molecule has 2 fully saturated rings. The Balaban J connectivity index is 1.62. The fourth-order valence-corrected chi connectivity index (χ4v) is 4.10. The number of amidine groups is 1. The van der Waals surface area contributed by atoms with E-state index in [1.807, 2.05) is 31.4 Å². The molecule has 0 bridgehead atoms. The number of rotatable bonds is 4. The topological polar surface area (TPSA) is 86.3 Å². The molecular weight excluding hydrogens is 374 g/mol. The molecule has 3 amide bonds. The Morgan fingerprint density at radius 3 is 2.55 bits per heavy atom. The number of imide groups is 1. The summed E-state index contributed by atoms with van der Waals surface area (Å²) in [6, 6.07) is 1.03. The quantitative estimate of drug-likeness (QED) is 0.648. The summed E-state index contributed by atoms with van der Waals surface area (Å²) in [5, 5.41) is 4.52. The van der Waals surface area contributed by atoms with E-state index in [0.717, 1.165) is 24.5 Å². The standard InChI is InChI=1S/C19H28N7O3/c1-5-24-15-16(20-18(24)26-14(3)12-13(2)21-26)22(4)19(28)25(17(15)27)7-6-23-8-10-29-11-9-23/h12,15H,5-11H2,1-4H3/q+1. The number of hydrogen-bond donors (Lipinski definition) is 0. The third-order valence-corrected chi connectivity index (χ3v) is 5.67. The highest BCUT2D eigenvalue weighted by molar-refractivity contribution is 6.23. The minimum atomic E-state index is -0.605. The van der Waals surface area contributed by atoms with Crippen molar-refractivity contribution in [3.63, 3.8) is 0 Å². The van der Waals surface area contributed by atoms with Crippen LogP contribution in [0.1, 0.15) is 18.3 Å². The van der Waals surface area contributed by atoms with E-state index in [2.05, 4.69) is 15.0 Å². The van der Waals surface area contributed by atoms with Gasteiger partial charge in [0, 0.05) is 33.2 Å². The van der Waals surface area contributed by atoms with Gasteiger partial charge in [-0.05, 0) is 26.8 Å². The highest BCUT2D eigenvalue weighted by atomic mass is 16.5. The van der Waals surface area contributed by atoms with Gasteiger partial charge in [-0.3, -0.25) is 19.5 Å². The lowest BCUT2D eigenvalue weighted by Crippen LogP contribution is -2.63. The Kier molecular flexibility index (Phi) is 5.22. The molecule has 2 saturated heterocycles. The van der Waals surface area contributed by atoms with Gasteiger partial charge in [-0.25, -0.2) is 9.37 Å². The summed E-state index contributed by atoms with van der Waals surface area (Å²) in [6.07, 6.45) is 0. The Morgan fingerprint density at radius 2 is 1.93 bits per heavy atom. The average molecular weight is 402 g/mol. The molecule has 0 saturated carbocycles. The van der Waals surface area contributed by atoms with E-state index in [1.165, 1.54) is 9.80 Å². The van der Waals surface area contributed by atoms with Gasteiger partial charge < -0.3 is 4.74 Å². The lowest BCUT2D eigenvalue weighted by atomic mass is 10.1. The second kappa shape index (κ2) is 7.68. The van der Waals surface area contributed by atoms with Crippen molar-refractivity contribution in [2.45, 2.75) is 26.8 Å². The van der Waals surface area contributed by atoms with Crippen molar-refractivity contribution in [2.75, 3.05) is 53.0 Å². The van der Waals surface area contributed by atoms with Crippen LogP contribution in [0.4, 0.5) is 4.79 Å². The van der Waals surface area contributed by atoms with Gasteiger partial charge in [0.05, 0.1) is 25.5 Å². The van der Waals surface area contributed by atoms with Gasteiger partial charge in [0.25, 0.3) is 5.91 Å². The minimum Gasteiger partial charge on any atom is -0.379 e. The zero-order valence-corrected chi connectivity index (χ0v) is 17.5. The zero-order valence-electron chi connectivity index (χ0n) is 17.5. The first-order chi connectivity index (χ1) is 13.9. The Morgan fingerprint density at radius 1 is 1.21 bits per heavy atom. The fourth-order valence-electron chi connectivity index (χ4n) is 4.10. The predicted octanol–water partition coefficient (Wildman–Crippen LogP) is -0.257. The number of nitrogens with zero attached hydrogens (tertiary/aromatic N) is 7. The van der Waals surface area contributed by atoms with Crippen LogP contribution in [0.25, 0.3) is 0 Å². The molecule has 0 N–H and O–H groups in total. The molecule has 1 aromatic rings. The predicted molar refractivity (Wildman–Crippen MR) is 106 cm³/mol. The van der Waals surface area contributed by atoms with Crippen LogP contribution in [0.2, 0.25) is 0 Å². The molecule has 0 radical (unpaired) electrons. The number of ether oxygens (including phenoxy) is 1. The summed E-state index contributed by atoms with van der Waals surface area (Å²) in [5.41, 5.74) is 1.81. The molecule has 0 spiro atoms. The van der Waals surface area contributed by atoms with Gasteiger partial charge in [0.15, 0.2) is 0 Å². The maximum atomic E-state index is 13.3. The van der Waals surface area contributed by atoms with Crippen molar-refractivity contribution < 1.29 is 18.9 Å². The van der Waals surface area contributed by atoms with E-state index in [1.54, 1.807) is 11.7 Å². The van der Waals surface area contributed by atoms with Gasteiger partial charge in [-0.15, -0.1) is 9.78 Å². The van der Waals surface area contributed by atoms with Crippen molar-refractivity contribution in [1.82, 2.24) is 24.5 Å². The molecule has 29 heavy (non-hydrogen) atoms. The summed E-state index contributed by atoms with van der Waals surface area (Å²) in [5.74, 6) is 0.826. The second-order valence-electron chi connectivity index (χ2n) is 7.58. The number of hydrogen-bond acceptors (Lipinski definition) is 6. The normalized spacial score (nSPS) is 23.2. The van der Waals surface area contributed by atoms with Gasteiger partial charge in [-0.2, -0.15) is 0 Å². The molecule has 0 aromatic carbocycles. The van der Waals surface area contributed by atoms with Crippen molar-refractivity contribution in [1.29, 1.82) is 0 Å². The molecule has 10 nitrogen and oxygen atoms in total. The number of aryl methyl sites for hydroxylation is 2. The largest absolute Gasteiger partial charge is 0.421 e. The molecule has 1 aromatic heterocycles. The monoisotopic (exact) mass is 402 g/mol. The lowest BCUT2D eigenvalue weighted by molar-refractivity contribution is -0.534. The summed E-state index contributed by atoms with van der Waals surface area (Å²) >= 11 is 0. The molecule has 4 heterocycles. The van der Waals surface area contributed by atoms with E-state index in [4.69, 9.17) is 4.74 Å². The van der Waals surface area contributed by atoms with Crippen LogP contribution in [0.15, 0.2) is 11.1 Å². The second-order valence-corrected chi connectivity index (χ2v) is 7.58. The maximum absolute atomic E-state index is 13.3. The number of carbonyl (C=O) groups is 2. The molecule has 1 atom stereocenters. The van der Waals surface area contributed by atoms with E-state index >= 15 is 0 Å².